The highest BCUT2D eigenvalue weighted by Gasteiger charge is 2.23. The van der Waals surface area contributed by atoms with Gasteiger partial charge < -0.3 is 19.2 Å². The van der Waals surface area contributed by atoms with Crippen LogP contribution in [0.1, 0.15) is 19.1 Å². The largest absolute Gasteiger partial charge is 0.497 e. The lowest BCUT2D eigenvalue weighted by Crippen LogP contribution is -2.23. The third kappa shape index (κ3) is 5.94. The van der Waals surface area contributed by atoms with Crippen LogP contribution in [0.4, 0.5) is 5.69 Å². The number of carbonyl (C=O) groups excluding carboxylic acids is 1. The quantitative estimate of drug-likeness (QED) is 0.475. The van der Waals surface area contributed by atoms with Crippen LogP contribution in [-0.2, 0) is 21.2 Å². The summed E-state index contributed by atoms with van der Waals surface area (Å²) >= 11 is 0. The average Bonchev–Trinajstić information content (AvgIpc) is 3.28. The first-order valence-electron chi connectivity index (χ1n) is 10.5. The van der Waals surface area contributed by atoms with E-state index in [4.69, 9.17) is 13.9 Å². The molecule has 1 amide bonds. The van der Waals surface area contributed by atoms with Gasteiger partial charge in [0, 0.05) is 38.2 Å². The van der Waals surface area contributed by atoms with Crippen molar-refractivity contribution in [1.29, 1.82) is 0 Å². The van der Waals surface area contributed by atoms with Crippen LogP contribution in [0.5, 0.6) is 11.5 Å². The summed E-state index contributed by atoms with van der Waals surface area (Å²) in [5.41, 5.74) is 1.29. The van der Waals surface area contributed by atoms with Gasteiger partial charge in [0.1, 0.15) is 27.9 Å². The highest BCUT2D eigenvalue weighted by atomic mass is 32.2. The maximum Gasteiger partial charge on any atom is 0.246 e. The summed E-state index contributed by atoms with van der Waals surface area (Å²) in [5.74, 6) is 2.13. The Hall–Kier alpha value is -3.30. The average molecular weight is 473 g/mol. The normalized spacial score (nSPS) is 11.4. The molecule has 176 valence electrons. The van der Waals surface area contributed by atoms with Crippen LogP contribution < -0.4 is 14.8 Å². The molecular formula is C24H28N2O6S. The number of methoxy groups -OCH3 is 1. The number of aryl methyl sites for hydroxylation is 1. The van der Waals surface area contributed by atoms with Crippen molar-refractivity contribution in [3.05, 3.63) is 60.4 Å². The van der Waals surface area contributed by atoms with Crippen molar-refractivity contribution in [2.75, 3.05) is 33.1 Å². The molecule has 0 spiro atoms. The molecular weight excluding hydrogens is 444 g/mol. The first-order chi connectivity index (χ1) is 15.7. The van der Waals surface area contributed by atoms with Crippen LogP contribution in [0.3, 0.4) is 0 Å². The molecule has 1 heterocycles. The van der Waals surface area contributed by atoms with Crippen molar-refractivity contribution in [3.8, 4) is 22.8 Å². The summed E-state index contributed by atoms with van der Waals surface area (Å²) in [5, 5.41) is 2.75. The molecule has 0 aliphatic rings. The monoisotopic (exact) mass is 472 g/mol. The minimum atomic E-state index is -3.74. The van der Waals surface area contributed by atoms with Gasteiger partial charge in [-0.3, -0.25) is 4.79 Å². The van der Waals surface area contributed by atoms with Gasteiger partial charge in [-0.1, -0.05) is 0 Å². The second-order valence-corrected chi connectivity index (χ2v) is 9.54. The molecule has 0 bridgehead atoms. The van der Waals surface area contributed by atoms with Gasteiger partial charge in [0.25, 0.3) is 0 Å². The number of nitrogens with one attached hydrogen (secondary N) is 1. The van der Waals surface area contributed by atoms with Gasteiger partial charge in [0.2, 0.25) is 15.9 Å². The summed E-state index contributed by atoms with van der Waals surface area (Å²) in [4.78, 5) is 12.5. The lowest BCUT2D eigenvalue weighted by molar-refractivity contribution is -0.116. The second kappa shape index (κ2) is 10.5. The number of ether oxygens (including phenoxy) is 2. The third-order valence-corrected chi connectivity index (χ3v) is 6.76. The second-order valence-electron chi connectivity index (χ2n) is 7.42. The van der Waals surface area contributed by atoms with Crippen molar-refractivity contribution in [2.24, 2.45) is 0 Å². The molecule has 0 aliphatic heterocycles. The van der Waals surface area contributed by atoms with E-state index in [1.54, 1.807) is 26.2 Å². The standard InChI is InChI=1S/C24H28N2O6S/c1-5-31-22-13-8-18(16-23(22)33(28,29)26(2)3)25-24(27)15-12-20-11-14-21(32-20)17-6-9-19(30-4)10-7-17/h6-11,13-14,16H,5,12,15H2,1-4H3,(H,25,27). The Morgan fingerprint density at radius 2 is 1.79 bits per heavy atom. The highest BCUT2D eigenvalue weighted by Crippen LogP contribution is 2.29. The van der Waals surface area contributed by atoms with E-state index in [0.717, 1.165) is 15.6 Å². The Kier molecular flexibility index (Phi) is 7.78. The van der Waals surface area contributed by atoms with Crippen molar-refractivity contribution >= 4 is 21.6 Å². The van der Waals surface area contributed by atoms with Crippen LogP contribution in [0.2, 0.25) is 0 Å². The fourth-order valence-corrected chi connectivity index (χ4v) is 4.19. The van der Waals surface area contributed by atoms with E-state index in [0.29, 0.717) is 30.2 Å². The molecule has 2 aromatic carbocycles. The van der Waals surface area contributed by atoms with Gasteiger partial charge in [-0.15, -0.1) is 0 Å². The number of anilines is 1. The molecule has 0 saturated carbocycles. The molecule has 0 saturated heterocycles. The molecule has 0 atom stereocenters. The molecule has 3 rings (SSSR count). The zero-order chi connectivity index (χ0) is 24.0. The number of sulfonamides is 1. The van der Waals surface area contributed by atoms with Gasteiger partial charge in [0.15, 0.2) is 0 Å². The van der Waals surface area contributed by atoms with Crippen LogP contribution in [0.25, 0.3) is 11.3 Å². The minimum Gasteiger partial charge on any atom is -0.497 e. The van der Waals surface area contributed by atoms with Gasteiger partial charge in [-0.25, -0.2) is 12.7 Å². The van der Waals surface area contributed by atoms with Gasteiger partial charge in [-0.05, 0) is 61.5 Å². The predicted molar refractivity (Wildman–Crippen MR) is 126 cm³/mol. The summed E-state index contributed by atoms with van der Waals surface area (Å²) < 4.78 is 42.9. The van der Waals surface area contributed by atoms with E-state index in [1.165, 1.54) is 20.2 Å². The van der Waals surface area contributed by atoms with Crippen LogP contribution in [0.15, 0.2) is 63.9 Å². The molecule has 33 heavy (non-hydrogen) atoms. The fraction of sp³-hybridized carbons (Fsp3) is 0.292. The van der Waals surface area contributed by atoms with Crippen molar-refractivity contribution < 1.29 is 27.1 Å². The summed E-state index contributed by atoms with van der Waals surface area (Å²) in [7, 11) is 0.763. The van der Waals surface area contributed by atoms with Crippen molar-refractivity contribution in [1.82, 2.24) is 4.31 Å². The number of hydrogen-bond acceptors (Lipinski definition) is 6. The lowest BCUT2D eigenvalue weighted by Gasteiger charge is -2.16. The van der Waals surface area contributed by atoms with Crippen molar-refractivity contribution in [2.45, 2.75) is 24.7 Å². The number of furan rings is 1. The number of rotatable bonds is 10. The van der Waals surface area contributed by atoms with Crippen molar-refractivity contribution in [3.63, 3.8) is 0 Å². The number of amides is 1. The first kappa shape index (κ1) is 24.3. The van der Waals surface area contributed by atoms with E-state index in [9.17, 15) is 13.2 Å². The maximum absolute atomic E-state index is 12.6. The van der Waals surface area contributed by atoms with Crippen LogP contribution in [0, 0.1) is 0 Å². The molecule has 0 unspecified atom stereocenters. The SMILES string of the molecule is CCOc1ccc(NC(=O)CCc2ccc(-c3ccc(OC)cc3)o2)cc1S(=O)(=O)N(C)C. The summed E-state index contributed by atoms with van der Waals surface area (Å²) in [6, 6.07) is 15.8. The van der Waals surface area contributed by atoms with E-state index in [-0.39, 0.29) is 23.0 Å². The zero-order valence-corrected chi connectivity index (χ0v) is 19.9. The highest BCUT2D eigenvalue weighted by molar-refractivity contribution is 7.89. The van der Waals surface area contributed by atoms with Gasteiger partial charge in [-0.2, -0.15) is 0 Å². The molecule has 0 radical (unpaired) electrons. The molecule has 9 heteroatoms. The molecule has 0 aliphatic carbocycles. The number of nitrogens with zero attached hydrogens (tertiary/aromatic N) is 1. The number of hydrogen-bond donors (Lipinski definition) is 1. The smallest absolute Gasteiger partial charge is 0.246 e. The number of carbonyl (C=O) groups is 1. The Morgan fingerprint density at radius 3 is 2.42 bits per heavy atom. The maximum atomic E-state index is 12.6. The molecule has 0 fully saturated rings. The Morgan fingerprint density at radius 1 is 1.06 bits per heavy atom. The van der Waals surface area contributed by atoms with Gasteiger partial charge >= 0.3 is 0 Å². The number of benzene rings is 2. The molecule has 8 nitrogen and oxygen atoms in total. The van der Waals surface area contributed by atoms with E-state index in [2.05, 4.69) is 5.32 Å². The Balaban J connectivity index is 1.66. The van der Waals surface area contributed by atoms with E-state index >= 15 is 0 Å². The molecule has 1 aromatic heterocycles. The predicted octanol–water partition coefficient (Wildman–Crippen LogP) is 4.18. The first-order valence-corrected chi connectivity index (χ1v) is 11.9. The summed E-state index contributed by atoms with van der Waals surface area (Å²) in [6.45, 7) is 2.10. The fourth-order valence-electron chi connectivity index (χ4n) is 3.14. The Labute approximate surface area is 194 Å². The van der Waals surface area contributed by atoms with Gasteiger partial charge in [0.05, 0.1) is 13.7 Å². The zero-order valence-electron chi connectivity index (χ0n) is 19.1. The minimum absolute atomic E-state index is 0.00215. The molecule has 3 aromatic rings. The van der Waals surface area contributed by atoms with Crippen LogP contribution >= 0.6 is 0 Å². The summed E-state index contributed by atoms with van der Waals surface area (Å²) in [6.07, 6.45) is 0.584. The Bertz CT molecular complexity index is 1200. The van der Waals surface area contributed by atoms with Crippen LogP contribution in [-0.4, -0.2) is 46.4 Å². The topological polar surface area (TPSA) is 98.1 Å². The molecule has 1 N–H and O–H groups in total. The van der Waals surface area contributed by atoms with E-state index < -0.39 is 10.0 Å². The van der Waals surface area contributed by atoms with E-state index in [1.807, 2.05) is 36.4 Å². The lowest BCUT2D eigenvalue weighted by atomic mass is 10.2. The third-order valence-electron chi connectivity index (χ3n) is 4.92.